The van der Waals surface area contributed by atoms with Crippen molar-refractivity contribution in [3.8, 4) is 16.9 Å². The van der Waals surface area contributed by atoms with Crippen molar-refractivity contribution in [2.24, 2.45) is 11.5 Å². The Kier molecular flexibility index (Phi) is 12.3. The standard InChI is InChI=1S/C17H11BrN2.C13H9Br.C6H14N2.C5H4IN/c18-12-8-9-14-13-5-1-2-6-15(13)20(16(14)11-12)17-7-3-4-10-19-17;14-11-5-6-13-10(8-11)7-9-3-1-2-4-12(9)13;7-5-3-1-2-4-6(5)8;6-5-3-1-2-4-7-5/h1-11H;1-6,8H,7H2;5-6H,1-4,7-8H2;1-4H/t;;5-,6?;/m..0./s1. The zero-order chi connectivity index (χ0) is 34.2. The average molecular weight is 888 g/mol. The molecule has 0 aliphatic heterocycles. The predicted octanol–water partition coefficient (Wildman–Crippen LogP) is 10.9. The number of para-hydroxylation sites is 1. The van der Waals surface area contributed by atoms with Crippen LogP contribution in [-0.4, -0.2) is 26.6 Å². The number of halogens is 3. The molecule has 49 heavy (non-hydrogen) atoms. The molecular formula is C41H38Br2IN5. The van der Waals surface area contributed by atoms with Crippen LogP contribution in [-0.2, 0) is 6.42 Å². The fourth-order valence-electron chi connectivity index (χ4n) is 6.32. The summed E-state index contributed by atoms with van der Waals surface area (Å²) in [7, 11) is 0. The van der Waals surface area contributed by atoms with Crippen molar-refractivity contribution in [3.05, 3.63) is 157 Å². The van der Waals surface area contributed by atoms with E-state index in [1.54, 1.807) is 6.20 Å². The molecule has 3 heterocycles. The third-order valence-electron chi connectivity index (χ3n) is 8.77. The smallest absolute Gasteiger partial charge is 0.137 e. The summed E-state index contributed by atoms with van der Waals surface area (Å²) in [4.78, 5) is 8.46. The third-order valence-corrected chi connectivity index (χ3v) is 10.4. The lowest BCUT2D eigenvalue weighted by molar-refractivity contribution is 0.385. The summed E-state index contributed by atoms with van der Waals surface area (Å²) in [5, 5.41) is 2.50. The molecule has 2 atom stereocenters. The van der Waals surface area contributed by atoms with E-state index < -0.39 is 0 Å². The van der Waals surface area contributed by atoms with Gasteiger partial charge in [-0.05, 0) is 119 Å². The van der Waals surface area contributed by atoms with Crippen LogP contribution in [0, 0.1) is 3.70 Å². The summed E-state index contributed by atoms with van der Waals surface area (Å²) >= 11 is 9.24. The Morgan fingerprint density at radius 1 is 0.592 bits per heavy atom. The Bertz CT molecular complexity index is 2130. The van der Waals surface area contributed by atoms with Crippen molar-refractivity contribution in [1.82, 2.24) is 14.5 Å². The van der Waals surface area contributed by atoms with E-state index in [9.17, 15) is 0 Å². The van der Waals surface area contributed by atoms with Gasteiger partial charge in [-0.2, -0.15) is 0 Å². The first kappa shape index (κ1) is 35.4. The minimum Gasteiger partial charge on any atom is -0.326 e. The molecular weight excluding hydrogens is 849 g/mol. The van der Waals surface area contributed by atoms with Gasteiger partial charge in [0.2, 0.25) is 0 Å². The topological polar surface area (TPSA) is 82.8 Å². The van der Waals surface area contributed by atoms with Gasteiger partial charge in [-0.1, -0.05) is 111 Å². The summed E-state index contributed by atoms with van der Waals surface area (Å²) < 4.78 is 5.49. The number of nitrogens with zero attached hydrogens (tertiary/aromatic N) is 3. The molecule has 4 N–H and O–H groups in total. The molecule has 1 fully saturated rings. The van der Waals surface area contributed by atoms with E-state index in [4.69, 9.17) is 11.5 Å². The van der Waals surface area contributed by atoms with E-state index in [0.29, 0.717) is 0 Å². The molecule has 2 aliphatic carbocycles. The van der Waals surface area contributed by atoms with Crippen molar-refractivity contribution < 1.29 is 0 Å². The highest BCUT2D eigenvalue weighted by molar-refractivity contribution is 14.1. The molecule has 3 aromatic heterocycles. The molecule has 0 spiro atoms. The molecule has 1 unspecified atom stereocenters. The zero-order valence-electron chi connectivity index (χ0n) is 27.0. The molecule has 0 bridgehead atoms. The number of aromatic nitrogens is 3. The van der Waals surface area contributed by atoms with E-state index in [2.05, 4.69) is 154 Å². The summed E-state index contributed by atoms with van der Waals surface area (Å²) in [5.41, 5.74) is 19.3. The Hall–Kier alpha value is -3.41. The van der Waals surface area contributed by atoms with Crippen LogP contribution in [0.5, 0.6) is 0 Å². The number of benzene rings is 4. The van der Waals surface area contributed by atoms with Crippen LogP contribution in [0.25, 0.3) is 38.8 Å². The highest BCUT2D eigenvalue weighted by atomic mass is 127. The molecule has 7 aromatic rings. The van der Waals surface area contributed by atoms with E-state index in [1.807, 2.05) is 42.6 Å². The largest absolute Gasteiger partial charge is 0.326 e. The maximum absolute atomic E-state index is 5.65. The van der Waals surface area contributed by atoms with Gasteiger partial charge in [-0.25, -0.2) is 4.98 Å². The lowest BCUT2D eigenvalue weighted by Crippen LogP contribution is -2.43. The number of rotatable bonds is 1. The second kappa shape index (κ2) is 17.0. The molecule has 0 amide bonds. The first-order valence-electron chi connectivity index (χ1n) is 16.4. The highest BCUT2D eigenvalue weighted by Gasteiger charge is 2.18. The Balaban J connectivity index is 0.000000124. The van der Waals surface area contributed by atoms with E-state index in [1.165, 1.54) is 61.4 Å². The number of fused-ring (bicyclic) bond motifs is 6. The molecule has 1 saturated carbocycles. The molecule has 0 radical (unpaired) electrons. The quantitative estimate of drug-likeness (QED) is 0.127. The van der Waals surface area contributed by atoms with Crippen molar-refractivity contribution in [1.29, 1.82) is 0 Å². The van der Waals surface area contributed by atoms with Crippen LogP contribution in [0.1, 0.15) is 36.8 Å². The molecule has 2 aliphatic rings. The molecule has 5 nitrogen and oxygen atoms in total. The van der Waals surface area contributed by atoms with Crippen LogP contribution >= 0.6 is 54.5 Å². The third kappa shape index (κ3) is 8.85. The first-order valence-corrected chi connectivity index (χ1v) is 19.1. The molecule has 4 aromatic carbocycles. The van der Waals surface area contributed by atoms with Gasteiger partial charge in [0.1, 0.15) is 9.52 Å². The van der Waals surface area contributed by atoms with Gasteiger partial charge in [0.05, 0.1) is 11.0 Å². The lowest BCUT2D eigenvalue weighted by atomic mass is 9.92. The Morgan fingerprint density at radius 3 is 1.88 bits per heavy atom. The van der Waals surface area contributed by atoms with Gasteiger partial charge in [0.15, 0.2) is 0 Å². The van der Waals surface area contributed by atoms with Crippen LogP contribution in [0.15, 0.2) is 143 Å². The zero-order valence-corrected chi connectivity index (χ0v) is 32.4. The van der Waals surface area contributed by atoms with Crippen LogP contribution in [0.3, 0.4) is 0 Å². The number of pyridine rings is 2. The maximum atomic E-state index is 5.65. The van der Waals surface area contributed by atoms with Gasteiger partial charge in [0, 0.05) is 44.2 Å². The predicted molar refractivity (Wildman–Crippen MR) is 220 cm³/mol. The SMILES string of the molecule is Brc1ccc2c(c1)Cc1ccccc1-2.Brc1ccc2c3ccccc3n(-c3ccccn3)c2c1.Ic1ccccn1.NC1CCCC[C@@H]1N. The number of hydrogen-bond donors (Lipinski definition) is 2. The number of hydrogen-bond acceptors (Lipinski definition) is 4. The second-order valence-electron chi connectivity index (χ2n) is 12.1. The minimum absolute atomic E-state index is 0.281. The second-order valence-corrected chi connectivity index (χ2v) is 15.0. The van der Waals surface area contributed by atoms with Gasteiger partial charge >= 0.3 is 0 Å². The van der Waals surface area contributed by atoms with Gasteiger partial charge in [-0.15, -0.1) is 0 Å². The fraction of sp³-hybridized carbons (Fsp3) is 0.171. The lowest BCUT2D eigenvalue weighted by Gasteiger charge is -2.24. The van der Waals surface area contributed by atoms with Crippen molar-refractivity contribution in [3.63, 3.8) is 0 Å². The van der Waals surface area contributed by atoms with E-state index in [0.717, 1.165) is 33.3 Å². The molecule has 9 rings (SSSR count). The average Bonchev–Trinajstić information content (AvgIpc) is 3.66. The van der Waals surface area contributed by atoms with Crippen molar-refractivity contribution in [2.75, 3.05) is 0 Å². The van der Waals surface area contributed by atoms with Gasteiger partial charge < -0.3 is 11.5 Å². The van der Waals surface area contributed by atoms with Crippen LogP contribution in [0.4, 0.5) is 0 Å². The maximum Gasteiger partial charge on any atom is 0.137 e. The summed E-state index contributed by atoms with van der Waals surface area (Å²) in [5.74, 6) is 0.941. The van der Waals surface area contributed by atoms with Gasteiger partial charge in [-0.3, -0.25) is 9.55 Å². The first-order chi connectivity index (χ1) is 23.9. The molecule has 248 valence electrons. The van der Waals surface area contributed by atoms with E-state index >= 15 is 0 Å². The van der Waals surface area contributed by atoms with Crippen LogP contribution < -0.4 is 11.5 Å². The van der Waals surface area contributed by atoms with Gasteiger partial charge in [0.25, 0.3) is 0 Å². The molecule has 8 heteroatoms. The Morgan fingerprint density at radius 2 is 1.20 bits per heavy atom. The normalized spacial score (nSPS) is 15.9. The summed E-state index contributed by atoms with van der Waals surface area (Å²) in [6.07, 6.45) is 9.48. The molecule has 0 saturated heterocycles. The Labute approximate surface area is 318 Å². The minimum atomic E-state index is 0.281. The van der Waals surface area contributed by atoms with Crippen molar-refractivity contribution in [2.45, 2.75) is 44.2 Å². The monoisotopic (exact) mass is 885 g/mol. The van der Waals surface area contributed by atoms with Crippen LogP contribution in [0.2, 0.25) is 0 Å². The number of nitrogens with two attached hydrogens (primary N) is 2. The summed E-state index contributed by atoms with van der Waals surface area (Å²) in [6, 6.07) is 42.4. The highest BCUT2D eigenvalue weighted by Crippen LogP contribution is 2.37. The fourth-order valence-corrected chi connectivity index (χ4v) is 7.45. The van der Waals surface area contributed by atoms with Crippen molar-refractivity contribution >= 4 is 76.3 Å². The van der Waals surface area contributed by atoms with E-state index in [-0.39, 0.29) is 12.1 Å². The summed E-state index contributed by atoms with van der Waals surface area (Å²) in [6.45, 7) is 0.